The summed E-state index contributed by atoms with van der Waals surface area (Å²) in [6.45, 7) is 0. The number of carboxylic acid groups (broad SMARTS) is 1. The fraction of sp³-hybridized carbons (Fsp3) is 0.138. The van der Waals surface area contributed by atoms with Crippen molar-refractivity contribution >= 4 is 23.4 Å². The number of aromatic nitrogens is 1. The maximum atomic E-state index is 13.5. The molecule has 36 heavy (non-hydrogen) atoms. The molecule has 4 aromatic rings. The van der Waals surface area contributed by atoms with Crippen LogP contribution in [0.5, 0.6) is 0 Å². The van der Waals surface area contributed by atoms with Crippen molar-refractivity contribution in [3.05, 3.63) is 115 Å². The summed E-state index contributed by atoms with van der Waals surface area (Å²) < 4.78 is 0. The lowest BCUT2D eigenvalue weighted by Gasteiger charge is -2.27. The van der Waals surface area contributed by atoms with Gasteiger partial charge in [0.25, 0.3) is 0 Å². The van der Waals surface area contributed by atoms with E-state index in [1.165, 1.54) is 0 Å². The molecule has 0 spiro atoms. The van der Waals surface area contributed by atoms with Gasteiger partial charge in [-0.2, -0.15) is 0 Å². The molecule has 0 bridgehead atoms. The number of carbonyl (C=O) groups excluding carboxylic acids is 1. The molecule has 0 aliphatic heterocycles. The number of pyridine rings is 1. The lowest BCUT2D eigenvalue weighted by molar-refractivity contribution is -0.118. The molecule has 0 fully saturated rings. The number of nitrogens with zero attached hydrogens (tertiary/aromatic N) is 2. The van der Waals surface area contributed by atoms with Crippen molar-refractivity contribution in [2.45, 2.75) is 12.0 Å². The van der Waals surface area contributed by atoms with Gasteiger partial charge in [0, 0.05) is 37.5 Å². The van der Waals surface area contributed by atoms with Crippen LogP contribution in [0.3, 0.4) is 0 Å². The van der Waals surface area contributed by atoms with Gasteiger partial charge in [0.15, 0.2) is 0 Å². The number of hydrogen-bond donors (Lipinski definition) is 3. The first kappa shape index (κ1) is 24.5. The van der Waals surface area contributed by atoms with Crippen LogP contribution in [0.1, 0.15) is 17.0 Å². The molecule has 7 heteroatoms. The van der Waals surface area contributed by atoms with E-state index in [0.29, 0.717) is 5.69 Å². The zero-order valence-electron chi connectivity index (χ0n) is 20.1. The monoisotopic (exact) mass is 480 g/mol. The van der Waals surface area contributed by atoms with Gasteiger partial charge in [-0.3, -0.25) is 9.78 Å². The zero-order valence-corrected chi connectivity index (χ0v) is 20.1. The molecule has 0 saturated carbocycles. The number of anilines is 2. The second-order valence-electron chi connectivity index (χ2n) is 8.58. The van der Waals surface area contributed by atoms with Crippen LogP contribution < -0.4 is 15.5 Å². The summed E-state index contributed by atoms with van der Waals surface area (Å²) in [6, 6.07) is 27.2. The molecule has 1 atom stereocenters. The maximum Gasteiger partial charge on any atom is 0.405 e. The minimum atomic E-state index is -1.27. The van der Waals surface area contributed by atoms with E-state index in [2.05, 4.69) is 15.6 Å². The number of amides is 2. The van der Waals surface area contributed by atoms with Crippen molar-refractivity contribution < 1.29 is 14.7 Å². The molecule has 7 nitrogen and oxygen atoms in total. The zero-order chi connectivity index (χ0) is 25.5. The first-order valence-electron chi connectivity index (χ1n) is 11.6. The summed E-state index contributed by atoms with van der Waals surface area (Å²) in [5, 5.41) is 14.9. The highest BCUT2D eigenvalue weighted by atomic mass is 16.4. The van der Waals surface area contributed by atoms with Gasteiger partial charge in [-0.25, -0.2) is 4.79 Å². The number of benzene rings is 3. The highest BCUT2D eigenvalue weighted by molar-refractivity contribution is 5.98. The fourth-order valence-electron chi connectivity index (χ4n) is 4.27. The molecule has 0 aliphatic carbocycles. The average molecular weight is 481 g/mol. The topological polar surface area (TPSA) is 94.6 Å². The van der Waals surface area contributed by atoms with E-state index in [1.54, 1.807) is 12.4 Å². The first-order valence-corrected chi connectivity index (χ1v) is 11.6. The Bertz CT molecular complexity index is 1270. The minimum Gasteiger partial charge on any atom is -0.465 e. The van der Waals surface area contributed by atoms with Crippen LogP contribution in [-0.4, -0.2) is 42.2 Å². The number of rotatable bonds is 8. The number of carbonyl (C=O) groups is 2. The quantitative estimate of drug-likeness (QED) is 0.321. The summed E-state index contributed by atoms with van der Waals surface area (Å²) in [5.74, 6) is -0.956. The van der Waals surface area contributed by atoms with Crippen LogP contribution in [-0.2, 0) is 4.79 Å². The molecule has 3 aromatic carbocycles. The van der Waals surface area contributed by atoms with Gasteiger partial charge >= 0.3 is 6.09 Å². The van der Waals surface area contributed by atoms with Crippen LogP contribution in [0, 0.1) is 0 Å². The Balaban J connectivity index is 1.63. The Hall–Kier alpha value is -4.65. The van der Waals surface area contributed by atoms with Crippen molar-refractivity contribution in [1.82, 2.24) is 10.3 Å². The van der Waals surface area contributed by atoms with Gasteiger partial charge in [0.1, 0.15) is 6.04 Å². The predicted molar refractivity (Wildman–Crippen MR) is 142 cm³/mol. The molecule has 4 rings (SSSR count). The van der Waals surface area contributed by atoms with Crippen LogP contribution in [0.15, 0.2) is 103 Å². The van der Waals surface area contributed by atoms with E-state index in [0.717, 1.165) is 27.9 Å². The summed E-state index contributed by atoms with van der Waals surface area (Å²) >= 11 is 0. The summed E-state index contributed by atoms with van der Waals surface area (Å²) in [4.78, 5) is 31.4. The van der Waals surface area contributed by atoms with E-state index in [4.69, 9.17) is 0 Å². The Morgan fingerprint density at radius 3 is 1.94 bits per heavy atom. The molecule has 3 N–H and O–H groups in total. The van der Waals surface area contributed by atoms with Crippen molar-refractivity contribution in [2.24, 2.45) is 0 Å². The lowest BCUT2D eigenvalue weighted by Crippen LogP contribution is -2.47. The largest absolute Gasteiger partial charge is 0.465 e. The Morgan fingerprint density at radius 1 is 0.833 bits per heavy atom. The molecule has 0 saturated heterocycles. The molecular weight excluding hydrogens is 452 g/mol. The van der Waals surface area contributed by atoms with Crippen molar-refractivity contribution in [3.63, 3.8) is 0 Å². The molecule has 182 valence electrons. The first-order chi connectivity index (χ1) is 17.4. The number of nitrogens with one attached hydrogen (secondary N) is 2. The Morgan fingerprint density at radius 2 is 1.42 bits per heavy atom. The number of hydrogen-bond acceptors (Lipinski definition) is 4. The molecule has 1 aromatic heterocycles. The van der Waals surface area contributed by atoms with E-state index >= 15 is 0 Å². The molecule has 0 aliphatic rings. The third-order valence-corrected chi connectivity index (χ3v) is 5.96. The van der Waals surface area contributed by atoms with E-state index in [1.807, 2.05) is 110 Å². The maximum absolute atomic E-state index is 13.5. The third kappa shape index (κ3) is 5.70. The predicted octanol–water partition coefficient (Wildman–Crippen LogP) is 5.22. The van der Waals surface area contributed by atoms with Crippen molar-refractivity contribution in [1.29, 1.82) is 0 Å². The lowest BCUT2D eigenvalue weighted by atomic mass is 9.84. The second kappa shape index (κ2) is 11.2. The van der Waals surface area contributed by atoms with Gasteiger partial charge in [0.2, 0.25) is 5.91 Å². The Kier molecular flexibility index (Phi) is 7.60. The summed E-state index contributed by atoms with van der Waals surface area (Å²) in [6.07, 6.45) is 2.28. The van der Waals surface area contributed by atoms with E-state index in [9.17, 15) is 14.7 Å². The second-order valence-corrected chi connectivity index (χ2v) is 8.58. The average Bonchev–Trinajstić information content (AvgIpc) is 2.90. The molecular formula is C29H28N4O3. The normalized spacial score (nSPS) is 11.5. The molecule has 0 radical (unpaired) electrons. The van der Waals surface area contributed by atoms with E-state index in [-0.39, 0.29) is 0 Å². The van der Waals surface area contributed by atoms with Crippen molar-refractivity contribution in [2.75, 3.05) is 24.3 Å². The summed E-state index contributed by atoms with van der Waals surface area (Å²) in [5.41, 5.74) is 5.22. The van der Waals surface area contributed by atoms with Crippen LogP contribution in [0.25, 0.3) is 11.1 Å². The SMILES string of the molecule is CN(C)c1cnccc1-c1ccc(NC(=O)C(NC(=O)O)C(c2ccccc2)c2ccccc2)cc1. The third-order valence-electron chi connectivity index (χ3n) is 5.96. The van der Waals surface area contributed by atoms with Crippen LogP contribution in [0.2, 0.25) is 0 Å². The van der Waals surface area contributed by atoms with Gasteiger partial charge < -0.3 is 20.6 Å². The highest BCUT2D eigenvalue weighted by Gasteiger charge is 2.32. The highest BCUT2D eigenvalue weighted by Crippen LogP contribution is 2.31. The molecule has 1 heterocycles. The van der Waals surface area contributed by atoms with Crippen LogP contribution in [0.4, 0.5) is 16.2 Å². The summed E-state index contributed by atoms with van der Waals surface area (Å²) in [7, 11) is 3.92. The van der Waals surface area contributed by atoms with Gasteiger partial charge in [0.05, 0.1) is 11.9 Å². The smallest absolute Gasteiger partial charge is 0.405 e. The van der Waals surface area contributed by atoms with Crippen LogP contribution >= 0.6 is 0 Å². The molecule has 1 unspecified atom stereocenters. The standard InChI is InChI=1S/C29H28N4O3/c1-33(2)25-19-30-18-17-24(25)20-13-15-23(16-14-20)31-28(34)27(32-29(35)36)26(21-9-5-3-6-10-21)22-11-7-4-8-12-22/h3-19,26-27,32H,1-2H3,(H,31,34)(H,35,36). The molecule has 2 amide bonds. The van der Waals surface area contributed by atoms with Crippen molar-refractivity contribution in [3.8, 4) is 11.1 Å². The fourth-order valence-corrected chi connectivity index (χ4v) is 4.27. The van der Waals surface area contributed by atoms with Gasteiger partial charge in [-0.15, -0.1) is 0 Å². The Labute approximate surface area is 210 Å². The van der Waals surface area contributed by atoms with E-state index < -0.39 is 24.0 Å². The minimum absolute atomic E-state index is 0.444. The van der Waals surface area contributed by atoms with Gasteiger partial charge in [-0.05, 0) is 34.9 Å². The van der Waals surface area contributed by atoms with Gasteiger partial charge in [-0.1, -0.05) is 72.8 Å².